The number of carbonyl (C=O) groups excluding carboxylic acids is 1. The number of likely N-dealkylation sites (N-methyl/N-ethyl adjacent to an activating group) is 1. The normalized spacial score (nSPS) is 13.9. The van der Waals surface area contributed by atoms with Gasteiger partial charge in [0, 0.05) is 0 Å². The van der Waals surface area contributed by atoms with Crippen LogP contribution in [0.25, 0.3) is 0 Å². The van der Waals surface area contributed by atoms with E-state index in [0.29, 0.717) is 0 Å². The molecule has 0 atom stereocenters. The lowest BCUT2D eigenvalue weighted by Gasteiger charge is -2.40. The third-order valence-corrected chi connectivity index (χ3v) is 3.15. The maximum absolute atomic E-state index is 11.9. The van der Waals surface area contributed by atoms with E-state index in [9.17, 15) is 9.90 Å². The molecule has 4 nitrogen and oxygen atoms in total. The van der Waals surface area contributed by atoms with Crippen molar-refractivity contribution in [3.05, 3.63) is 0 Å². The Bertz CT molecular complexity index is 239. The second-order valence-electron chi connectivity index (χ2n) is 5.51. The van der Waals surface area contributed by atoms with Gasteiger partial charge in [0.25, 0.3) is 0 Å². The first kappa shape index (κ1) is 14.4. The highest BCUT2D eigenvalue weighted by Crippen LogP contribution is 2.21. The van der Waals surface area contributed by atoms with E-state index in [2.05, 4.69) is 10.6 Å². The van der Waals surface area contributed by atoms with E-state index in [1.165, 1.54) is 0 Å². The van der Waals surface area contributed by atoms with Crippen molar-refractivity contribution in [2.24, 2.45) is 0 Å². The van der Waals surface area contributed by atoms with Crippen molar-refractivity contribution in [2.75, 3.05) is 7.05 Å². The minimum atomic E-state index is -0.966. The summed E-state index contributed by atoms with van der Waals surface area (Å²) in [4.78, 5) is 11.9. The van der Waals surface area contributed by atoms with E-state index in [1.54, 1.807) is 48.6 Å². The summed E-state index contributed by atoms with van der Waals surface area (Å²) in [5.41, 5.74) is -2.27. The molecule has 0 bridgehead atoms. The van der Waals surface area contributed by atoms with Gasteiger partial charge in [-0.2, -0.15) is 0 Å². The molecule has 0 heterocycles. The van der Waals surface area contributed by atoms with E-state index in [1.807, 2.05) is 0 Å². The zero-order chi connectivity index (χ0) is 12.5. The maximum atomic E-state index is 11.9. The highest BCUT2D eigenvalue weighted by molar-refractivity contribution is 5.86. The number of aliphatic hydroxyl groups is 1. The fourth-order valence-corrected chi connectivity index (χ4v) is 0.707. The van der Waals surface area contributed by atoms with Gasteiger partial charge >= 0.3 is 0 Å². The number of hydrogen-bond donors (Lipinski definition) is 3. The van der Waals surface area contributed by atoms with Crippen LogP contribution in [0.5, 0.6) is 0 Å². The van der Waals surface area contributed by atoms with Gasteiger partial charge in [-0.3, -0.25) is 4.79 Å². The van der Waals surface area contributed by atoms with E-state index < -0.39 is 16.7 Å². The molecule has 0 unspecified atom stereocenters. The average molecular weight is 216 g/mol. The Morgan fingerprint density at radius 2 is 1.47 bits per heavy atom. The van der Waals surface area contributed by atoms with Crippen molar-refractivity contribution in [1.82, 2.24) is 10.6 Å². The highest BCUT2D eigenvalue weighted by atomic mass is 16.3. The minimum absolute atomic E-state index is 0.128. The lowest BCUT2D eigenvalue weighted by atomic mass is 9.85. The average Bonchev–Trinajstić information content (AvgIpc) is 2.01. The van der Waals surface area contributed by atoms with Crippen LogP contribution < -0.4 is 10.6 Å². The van der Waals surface area contributed by atoms with Crippen molar-refractivity contribution >= 4 is 5.91 Å². The van der Waals surface area contributed by atoms with Gasteiger partial charge in [-0.05, 0) is 48.6 Å². The van der Waals surface area contributed by atoms with Crippen LogP contribution in [0.4, 0.5) is 0 Å². The fraction of sp³-hybridized carbons (Fsp3) is 0.909. The number of hydrogen-bond acceptors (Lipinski definition) is 3. The molecule has 0 aliphatic carbocycles. The van der Waals surface area contributed by atoms with Crippen LogP contribution in [0, 0.1) is 0 Å². The van der Waals surface area contributed by atoms with Crippen LogP contribution in [0.1, 0.15) is 41.5 Å². The predicted molar refractivity (Wildman–Crippen MR) is 61.7 cm³/mol. The smallest absolute Gasteiger partial charge is 0.240 e. The first-order chi connectivity index (χ1) is 6.44. The number of amides is 1. The highest BCUT2D eigenvalue weighted by Gasteiger charge is 2.39. The van der Waals surface area contributed by atoms with Crippen molar-refractivity contribution < 1.29 is 9.90 Å². The standard InChI is InChI=1S/C11H24N2O2/c1-9(2,12-7)8(14)13-10(3,4)11(5,6)15/h12,15H,1-7H3,(H,13,14). The molecular formula is C11H24N2O2. The Balaban J connectivity index is 4.70. The Hall–Kier alpha value is -0.610. The summed E-state index contributed by atoms with van der Waals surface area (Å²) < 4.78 is 0. The van der Waals surface area contributed by atoms with Gasteiger partial charge < -0.3 is 15.7 Å². The molecule has 0 aliphatic rings. The van der Waals surface area contributed by atoms with Crippen LogP contribution in [-0.2, 0) is 4.79 Å². The van der Waals surface area contributed by atoms with Crippen LogP contribution in [0.3, 0.4) is 0 Å². The molecule has 1 amide bonds. The molecule has 90 valence electrons. The molecule has 0 fully saturated rings. The van der Waals surface area contributed by atoms with Crippen molar-refractivity contribution in [1.29, 1.82) is 0 Å². The molecule has 4 heteroatoms. The first-order valence-electron chi connectivity index (χ1n) is 5.18. The molecule has 0 aromatic heterocycles. The van der Waals surface area contributed by atoms with Crippen molar-refractivity contribution in [3.63, 3.8) is 0 Å². The molecule has 0 aliphatic heterocycles. The van der Waals surface area contributed by atoms with Crippen molar-refractivity contribution in [3.8, 4) is 0 Å². The molecule has 0 saturated carbocycles. The largest absolute Gasteiger partial charge is 0.388 e. The molecule has 0 radical (unpaired) electrons. The topological polar surface area (TPSA) is 61.4 Å². The number of rotatable bonds is 4. The third kappa shape index (κ3) is 3.47. The predicted octanol–water partition coefficient (Wildman–Crippen LogP) is 0.650. The summed E-state index contributed by atoms with van der Waals surface area (Å²) in [7, 11) is 1.73. The van der Waals surface area contributed by atoms with Crippen LogP contribution in [-0.4, -0.2) is 34.7 Å². The zero-order valence-electron chi connectivity index (χ0n) is 10.9. The molecule has 0 rings (SSSR count). The first-order valence-corrected chi connectivity index (χ1v) is 5.18. The van der Waals surface area contributed by atoms with Gasteiger partial charge in [-0.25, -0.2) is 0 Å². The van der Waals surface area contributed by atoms with Crippen LogP contribution >= 0.6 is 0 Å². The second-order valence-corrected chi connectivity index (χ2v) is 5.51. The molecule has 0 aromatic rings. The summed E-state index contributed by atoms with van der Waals surface area (Å²) in [6.07, 6.45) is 0. The van der Waals surface area contributed by atoms with Crippen LogP contribution in [0.15, 0.2) is 0 Å². The molecule has 0 spiro atoms. The molecule has 0 saturated heterocycles. The minimum Gasteiger partial charge on any atom is -0.388 e. The van der Waals surface area contributed by atoms with Crippen LogP contribution in [0.2, 0.25) is 0 Å². The molecule has 3 N–H and O–H groups in total. The molecular weight excluding hydrogens is 192 g/mol. The second kappa shape index (κ2) is 4.10. The van der Waals surface area contributed by atoms with Crippen molar-refractivity contribution in [2.45, 2.75) is 58.2 Å². The third-order valence-electron chi connectivity index (χ3n) is 3.15. The number of carbonyl (C=O) groups is 1. The summed E-state index contributed by atoms with van der Waals surface area (Å²) in [6.45, 7) is 10.6. The van der Waals surface area contributed by atoms with Gasteiger partial charge in [-0.1, -0.05) is 0 Å². The monoisotopic (exact) mass is 216 g/mol. The number of nitrogens with one attached hydrogen (secondary N) is 2. The Morgan fingerprint density at radius 3 is 1.73 bits per heavy atom. The lowest BCUT2D eigenvalue weighted by molar-refractivity contribution is -0.131. The van der Waals surface area contributed by atoms with E-state index in [-0.39, 0.29) is 5.91 Å². The van der Waals surface area contributed by atoms with E-state index in [4.69, 9.17) is 0 Å². The van der Waals surface area contributed by atoms with Gasteiger partial charge in [0.2, 0.25) is 5.91 Å². The quantitative estimate of drug-likeness (QED) is 0.646. The lowest BCUT2D eigenvalue weighted by Crippen LogP contribution is -2.63. The maximum Gasteiger partial charge on any atom is 0.240 e. The van der Waals surface area contributed by atoms with Gasteiger partial charge in [0.1, 0.15) is 0 Å². The Labute approximate surface area is 92.4 Å². The van der Waals surface area contributed by atoms with Gasteiger partial charge in [0.15, 0.2) is 0 Å². The van der Waals surface area contributed by atoms with Gasteiger partial charge in [-0.15, -0.1) is 0 Å². The summed E-state index contributed by atoms with van der Waals surface area (Å²) in [5, 5.41) is 15.7. The molecule has 0 aromatic carbocycles. The molecule has 15 heavy (non-hydrogen) atoms. The zero-order valence-corrected chi connectivity index (χ0v) is 10.9. The fourth-order valence-electron chi connectivity index (χ4n) is 0.707. The Morgan fingerprint density at radius 1 is 1.07 bits per heavy atom. The summed E-state index contributed by atoms with van der Waals surface area (Å²) >= 11 is 0. The summed E-state index contributed by atoms with van der Waals surface area (Å²) in [6, 6.07) is 0. The Kier molecular flexibility index (Phi) is 3.93. The van der Waals surface area contributed by atoms with E-state index in [0.717, 1.165) is 0 Å². The summed E-state index contributed by atoms with van der Waals surface area (Å²) in [5.74, 6) is -0.128. The van der Waals surface area contributed by atoms with E-state index >= 15 is 0 Å². The van der Waals surface area contributed by atoms with Gasteiger partial charge in [0.05, 0.1) is 16.7 Å². The SMILES string of the molecule is CNC(C)(C)C(=O)NC(C)(C)C(C)(C)O.